The summed E-state index contributed by atoms with van der Waals surface area (Å²) in [5, 5.41) is 7.80. The maximum atomic E-state index is 12.4. The van der Waals surface area contributed by atoms with E-state index in [9.17, 15) is 4.79 Å². The molecule has 2 atom stereocenters. The van der Waals surface area contributed by atoms with Crippen LogP contribution < -0.4 is 5.32 Å². The molecule has 1 aliphatic carbocycles. The molecule has 0 bridgehead atoms. The zero-order valence-corrected chi connectivity index (χ0v) is 16.6. The molecule has 2 heterocycles. The van der Waals surface area contributed by atoms with E-state index in [1.807, 2.05) is 0 Å². The first-order valence-electron chi connectivity index (χ1n) is 10.5. The lowest BCUT2D eigenvalue weighted by atomic mass is 9.81. The average molecular weight is 372 g/mol. The van der Waals surface area contributed by atoms with Crippen LogP contribution in [0, 0.1) is 30.1 Å². The lowest BCUT2D eigenvalue weighted by Gasteiger charge is -2.32. The van der Waals surface area contributed by atoms with Gasteiger partial charge in [0.05, 0.1) is 12.2 Å². The molecular weight excluding hydrogens is 338 g/mol. The van der Waals surface area contributed by atoms with Gasteiger partial charge in [0, 0.05) is 26.0 Å². The van der Waals surface area contributed by atoms with Crippen molar-refractivity contribution in [2.75, 3.05) is 26.7 Å². The lowest BCUT2D eigenvalue weighted by molar-refractivity contribution is -0.131. The zero-order chi connectivity index (χ0) is 19.1. The molecule has 1 aliphatic heterocycles. The fourth-order valence-corrected chi connectivity index (χ4v) is 4.58. The highest BCUT2D eigenvalue weighted by atomic mass is 16.5. The van der Waals surface area contributed by atoms with Crippen molar-refractivity contribution in [3.8, 4) is 12.3 Å². The van der Waals surface area contributed by atoms with Gasteiger partial charge in [0.15, 0.2) is 0 Å². The molecule has 0 spiro atoms. The summed E-state index contributed by atoms with van der Waals surface area (Å²) in [4.78, 5) is 14.1. The monoisotopic (exact) mass is 371 g/mol. The second kappa shape index (κ2) is 9.94. The van der Waals surface area contributed by atoms with E-state index in [1.54, 1.807) is 11.9 Å². The number of hydrogen-bond donors (Lipinski definition) is 1. The molecule has 1 saturated carbocycles. The van der Waals surface area contributed by atoms with Gasteiger partial charge >= 0.3 is 0 Å². The van der Waals surface area contributed by atoms with Gasteiger partial charge < -0.3 is 14.7 Å². The Morgan fingerprint density at radius 3 is 2.89 bits per heavy atom. The highest BCUT2D eigenvalue weighted by molar-refractivity contribution is 5.76. The molecule has 1 N–H and O–H groups in total. The molecule has 1 saturated heterocycles. The minimum Gasteiger partial charge on any atom is -0.361 e. The smallest absolute Gasteiger partial charge is 0.223 e. The van der Waals surface area contributed by atoms with Crippen LogP contribution in [0.15, 0.2) is 10.6 Å². The SMILES string of the molecule is C#CCN(C)C(=O)C[C@@H]1CCNC[C@@H]1Cc1cc(CC2CCCCC2)on1. The van der Waals surface area contributed by atoms with Gasteiger partial charge in [-0.05, 0) is 43.7 Å². The Labute approximate surface area is 163 Å². The molecule has 2 fully saturated rings. The highest BCUT2D eigenvalue weighted by Crippen LogP contribution is 2.29. The molecule has 1 aromatic heterocycles. The van der Waals surface area contributed by atoms with Gasteiger partial charge in [0.25, 0.3) is 0 Å². The fraction of sp³-hybridized carbons (Fsp3) is 0.727. The van der Waals surface area contributed by atoms with Crippen LogP contribution >= 0.6 is 0 Å². The van der Waals surface area contributed by atoms with Crippen LogP contribution in [0.1, 0.15) is 56.4 Å². The summed E-state index contributed by atoms with van der Waals surface area (Å²) in [6.07, 6.45) is 15.5. The quantitative estimate of drug-likeness (QED) is 0.749. The molecular formula is C22H33N3O2. The summed E-state index contributed by atoms with van der Waals surface area (Å²) in [5.41, 5.74) is 1.03. The predicted molar refractivity (Wildman–Crippen MR) is 106 cm³/mol. The topological polar surface area (TPSA) is 58.4 Å². The molecule has 1 amide bonds. The van der Waals surface area contributed by atoms with E-state index in [1.165, 1.54) is 32.1 Å². The van der Waals surface area contributed by atoms with E-state index in [2.05, 4.69) is 22.5 Å². The molecule has 0 radical (unpaired) electrons. The predicted octanol–water partition coefficient (Wildman–Crippen LogP) is 3.05. The Morgan fingerprint density at radius 1 is 1.30 bits per heavy atom. The normalized spacial score (nSPS) is 23.7. The van der Waals surface area contributed by atoms with Gasteiger partial charge in [-0.3, -0.25) is 4.79 Å². The summed E-state index contributed by atoms with van der Waals surface area (Å²) in [6, 6.07) is 2.15. The third-order valence-electron chi connectivity index (χ3n) is 6.25. The highest BCUT2D eigenvalue weighted by Gasteiger charge is 2.29. The van der Waals surface area contributed by atoms with Gasteiger partial charge in [0.2, 0.25) is 5.91 Å². The van der Waals surface area contributed by atoms with E-state index >= 15 is 0 Å². The third-order valence-corrected chi connectivity index (χ3v) is 6.25. The summed E-state index contributed by atoms with van der Waals surface area (Å²) in [6.45, 7) is 2.28. The maximum Gasteiger partial charge on any atom is 0.223 e. The van der Waals surface area contributed by atoms with Crippen LogP contribution in [-0.4, -0.2) is 42.6 Å². The van der Waals surface area contributed by atoms with Crippen LogP contribution in [0.25, 0.3) is 0 Å². The van der Waals surface area contributed by atoms with E-state index in [4.69, 9.17) is 10.9 Å². The van der Waals surface area contributed by atoms with E-state index < -0.39 is 0 Å². The van der Waals surface area contributed by atoms with Crippen molar-refractivity contribution in [1.29, 1.82) is 0 Å². The number of amides is 1. The molecule has 0 aromatic carbocycles. The molecule has 5 heteroatoms. The Morgan fingerprint density at radius 2 is 2.11 bits per heavy atom. The van der Waals surface area contributed by atoms with Crippen molar-refractivity contribution in [3.63, 3.8) is 0 Å². The maximum absolute atomic E-state index is 12.4. The van der Waals surface area contributed by atoms with Crippen LogP contribution in [-0.2, 0) is 17.6 Å². The van der Waals surface area contributed by atoms with Gasteiger partial charge in [-0.1, -0.05) is 43.2 Å². The van der Waals surface area contributed by atoms with Crippen LogP contribution in [0.2, 0.25) is 0 Å². The molecule has 0 unspecified atom stereocenters. The van der Waals surface area contributed by atoms with E-state index in [0.29, 0.717) is 24.8 Å². The second-order valence-corrected chi connectivity index (χ2v) is 8.37. The van der Waals surface area contributed by atoms with Crippen LogP contribution in [0.4, 0.5) is 0 Å². The summed E-state index contributed by atoms with van der Waals surface area (Å²) >= 11 is 0. The van der Waals surface area contributed by atoms with E-state index in [-0.39, 0.29) is 5.91 Å². The van der Waals surface area contributed by atoms with Gasteiger partial charge in [-0.15, -0.1) is 6.42 Å². The Kier molecular flexibility index (Phi) is 7.34. The number of nitrogens with zero attached hydrogens (tertiary/aromatic N) is 2. The number of rotatable bonds is 7. The molecule has 2 aliphatic rings. The Bertz CT molecular complexity index is 642. The van der Waals surface area contributed by atoms with Gasteiger partial charge in [0.1, 0.15) is 5.76 Å². The lowest BCUT2D eigenvalue weighted by Crippen LogP contribution is -2.40. The minimum absolute atomic E-state index is 0.142. The largest absolute Gasteiger partial charge is 0.361 e. The van der Waals surface area contributed by atoms with Crippen LogP contribution in [0.3, 0.4) is 0 Å². The summed E-state index contributed by atoms with van der Waals surface area (Å²) in [5.74, 6) is 5.26. The van der Waals surface area contributed by atoms with Crippen molar-refractivity contribution in [2.24, 2.45) is 17.8 Å². The minimum atomic E-state index is 0.142. The van der Waals surface area contributed by atoms with Gasteiger partial charge in [-0.25, -0.2) is 0 Å². The standard InChI is InChI=1S/C22H33N3O2/c1-3-11-25(2)22(26)14-18-9-10-23-16-19(18)13-20-15-21(27-24-20)12-17-7-5-4-6-8-17/h1,15,17-19,23H,4-14,16H2,2H3/t18-,19-/m0/s1. The first-order valence-corrected chi connectivity index (χ1v) is 10.5. The van der Waals surface area contributed by atoms with E-state index in [0.717, 1.165) is 49.7 Å². The molecule has 5 nitrogen and oxygen atoms in total. The number of hydrogen-bond acceptors (Lipinski definition) is 4. The number of aromatic nitrogens is 1. The molecule has 27 heavy (non-hydrogen) atoms. The number of piperidine rings is 1. The Hall–Kier alpha value is -1.80. The summed E-state index contributed by atoms with van der Waals surface area (Å²) in [7, 11) is 1.79. The van der Waals surface area contributed by atoms with Crippen molar-refractivity contribution in [1.82, 2.24) is 15.4 Å². The number of carbonyl (C=O) groups is 1. The number of nitrogens with one attached hydrogen (secondary N) is 1. The van der Waals surface area contributed by atoms with Crippen LogP contribution in [0.5, 0.6) is 0 Å². The molecule has 3 rings (SSSR count). The first-order chi connectivity index (χ1) is 13.2. The first kappa shape index (κ1) is 19.9. The van der Waals surface area contributed by atoms with Crippen molar-refractivity contribution in [2.45, 2.75) is 57.8 Å². The summed E-state index contributed by atoms with van der Waals surface area (Å²) < 4.78 is 5.63. The Balaban J connectivity index is 1.54. The second-order valence-electron chi connectivity index (χ2n) is 8.37. The van der Waals surface area contributed by atoms with Gasteiger partial charge in [-0.2, -0.15) is 0 Å². The van der Waals surface area contributed by atoms with Crippen molar-refractivity contribution < 1.29 is 9.32 Å². The number of carbonyl (C=O) groups excluding carboxylic acids is 1. The van der Waals surface area contributed by atoms with Crippen molar-refractivity contribution >= 4 is 5.91 Å². The van der Waals surface area contributed by atoms with Crippen molar-refractivity contribution in [3.05, 3.63) is 17.5 Å². The molecule has 148 valence electrons. The zero-order valence-electron chi connectivity index (χ0n) is 16.6. The number of terminal acetylenes is 1. The fourth-order valence-electron chi connectivity index (χ4n) is 4.58. The average Bonchev–Trinajstić information content (AvgIpc) is 3.11. The third kappa shape index (κ3) is 5.84. The molecule has 1 aromatic rings.